The SMILES string of the molecule is O=C(O)C(NCc1ncc(Br)cc1Br)c1ccccc1. The molecule has 0 saturated heterocycles. The molecule has 20 heavy (non-hydrogen) atoms. The Kier molecular flexibility index (Phi) is 5.28. The average molecular weight is 400 g/mol. The van der Waals surface area contributed by atoms with E-state index in [9.17, 15) is 9.90 Å². The molecular weight excluding hydrogens is 388 g/mol. The van der Waals surface area contributed by atoms with Crippen LogP contribution in [0.25, 0.3) is 0 Å². The number of carboxylic acid groups (broad SMARTS) is 1. The van der Waals surface area contributed by atoms with Gasteiger partial charge >= 0.3 is 5.97 Å². The molecule has 0 fully saturated rings. The number of benzene rings is 1. The third kappa shape index (κ3) is 3.88. The number of nitrogens with one attached hydrogen (secondary N) is 1. The molecule has 1 heterocycles. The number of rotatable bonds is 5. The third-order valence-electron chi connectivity index (χ3n) is 2.74. The summed E-state index contributed by atoms with van der Waals surface area (Å²) in [6.07, 6.45) is 1.68. The first-order valence-electron chi connectivity index (χ1n) is 5.89. The van der Waals surface area contributed by atoms with Crippen LogP contribution in [0, 0.1) is 0 Å². The summed E-state index contributed by atoms with van der Waals surface area (Å²) in [5.74, 6) is -0.913. The lowest BCUT2D eigenvalue weighted by molar-refractivity contribution is -0.139. The lowest BCUT2D eigenvalue weighted by Crippen LogP contribution is -2.28. The van der Waals surface area contributed by atoms with E-state index in [4.69, 9.17) is 0 Å². The van der Waals surface area contributed by atoms with Gasteiger partial charge in [-0.05, 0) is 43.5 Å². The zero-order chi connectivity index (χ0) is 14.5. The lowest BCUT2D eigenvalue weighted by Gasteiger charge is -2.15. The van der Waals surface area contributed by atoms with E-state index in [0.29, 0.717) is 12.1 Å². The maximum Gasteiger partial charge on any atom is 0.325 e. The van der Waals surface area contributed by atoms with Gasteiger partial charge in [0.1, 0.15) is 6.04 Å². The van der Waals surface area contributed by atoms with Gasteiger partial charge in [0, 0.05) is 21.7 Å². The van der Waals surface area contributed by atoms with E-state index in [1.807, 2.05) is 24.3 Å². The Labute approximate surface area is 133 Å². The first-order valence-corrected chi connectivity index (χ1v) is 7.47. The van der Waals surface area contributed by atoms with Gasteiger partial charge in [0.15, 0.2) is 0 Å². The quantitative estimate of drug-likeness (QED) is 0.807. The van der Waals surface area contributed by atoms with Gasteiger partial charge in [-0.2, -0.15) is 0 Å². The number of carbonyl (C=O) groups is 1. The van der Waals surface area contributed by atoms with Crippen molar-refractivity contribution in [1.82, 2.24) is 10.3 Å². The average Bonchev–Trinajstić information content (AvgIpc) is 2.42. The van der Waals surface area contributed by atoms with E-state index in [-0.39, 0.29) is 0 Å². The highest BCUT2D eigenvalue weighted by molar-refractivity contribution is 9.11. The summed E-state index contributed by atoms with van der Waals surface area (Å²) >= 11 is 6.74. The molecule has 0 bridgehead atoms. The first kappa shape index (κ1) is 15.2. The molecule has 0 aliphatic carbocycles. The monoisotopic (exact) mass is 398 g/mol. The molecule has 0 spiro atoms. The molecule has 0 aliphatic heterocycles. The maximum atomic E-state index is 11.4. The summed E-state index contributed by atoms with van der Waals surface area (Å²) < 4.78 is 1.70. The van der Waals surface area contributed by atoms with Crippen molar-refractivity contribution in [2.75, 3.05) is 0 Å². The van der Waals surface area contributed by atoms with E-state index in [0.717, 1.165) is 14.6 Å². The van der Waals surface area contributed by atoms with E-state index < -0.39 is 12.0 Å². The molecule has 0 aliphatic rings. The smallest absolute Gasteiger partial charge is 0.325 e. The number of aromatic nitrogens is 1. The number of carboxylic acids is 1. The second-order valence-corrected chi connectivity index (χ2v) is 5.91. The minimum Gasteiger partial charge on any atom is -0.480 e. The molecule has 6 heteroatoms. The number of halogens is 2. The van der Waals surface area contributed by atoms with E-state index in [1.165, 1.54) is 0 Å². The van der Waals surface area contributed by atoms with Gasteiger partial charge in [-0.15, -0.1) is 0 Å². The van der Waals surface area contributed by atoms with Gasteiger partial charge in [-0.25, -0.2) is 0 Å². The molecule has 1 atom stereocenters. The highest BCUT2D eigenvalue weighted by Gasteiger charge is 2.19. The van der Waals surface area contributed by atoms with Crippen LogP contribution in [0.15, 0.2) is 51.5 Å². The molecule has 2 rings (SSSR count). The van der Waals surface area contributed by atoms with Crippen molar-refractivity contribution >= 4 is 37.8 Å². The summed E-state index contributed by atoms with van der Waals surface area (Å²) in [5.41, 5.74) is 1.48. The van der Waals surface area contributed by atoms with E-state index in [1.54, 1.807) is 18.3 Å². The largest absolute Gasteiger partial charge is 0.480 e. The maximum absolute atomic E-state index is 11.4. The van der Waals surface area contributed by atoms with Crippen molar-refractivity contribution in [3.8, 4) is 0 Å². The number of hydrogen-bond donors (Lipinski definition) is 2. The summed E-state index contributed by atoms with van der Waals surface area (Å²) in [6, 6.07) is 10.2. The third-order valence-corrected chi connectivity index (χ3v) is 3.86. The summed E-state index contributed by atoms with van der Waals surface area (Å²) in [7, 11) is 0. The Morgan fingerprint density at radius 2 is 2.00 bits per heavy atom. The molecule has 1 unspecified atom stereocenters. The number of nitrogens with zero attached hydrogens (tertiary/aromatic N) is 1. The second kappa shape index (κ2) is 6.97. The molecule has 2 aromatic rings. The van der Waals surface area contributed by atoms with E-state index >= 15 is 0 Å². The van der Waals surface area contributed by atoms with Gasteiger partial charge in [0.2, 0.25) is 0 Å². The van der Waals surface area contributed by atoms with Gasteiger partial charge in [0.05, 0.1) is 5.69 Å². The van der Waals surface area contributed by atoms with Crippen LogP contribution < -0.4 is 5.32 Å². The van der Waals surface area contributed by atoms with Crippen LogP contribution in [0.3, 0.4) is 0 Å². The predicted octanol–water partition coefficient (Wildman–Crippen LogP) is 3.52. The molecule has 0 radical (unpaired) electrons. The van der Waals surface area contributed by atoms with Crippen molar-refractivity contribution in [2.24, 2.45) is 0 Å². The van der Waals surface area contributed by atoms with Crippen molar-refractivity contribution in [2.45, 2.75) is 12.6 Å². The molecule has 0 amide bonds. The van der Waals surface area contributed by atoms with Crippen molar-refractivity contribution in [3.05, 3.63) is 62.8 Å². The Balaban J connectivity index is 2.12. The Morgan fingerprint density at radius 1 is 1.30 bits per heavy atom. The van der Waals surface area contributed by atoms with Crippen LogP contribution >= 0.6 is 31.9 Å². The number of hydrogen-bond acceptors (Lipinski definition) is 3. The number of aliphatic carboxylic acids is 1. The summed E-state index contributed by atoms with van der Waals surface area (Å²) in [4.78, 5) is 15.6. The normalized spacial score (nSPS) is 12.1. The van der Waals surface area contributed by atoms with Crippen molar-refractivity contribution < 1.29 is 9.90 Å². The minimum atomic E-state index is -0.913. The van der Waals surface area contributed by atoms with Crippen molar-refractivity contribution in [1.29, 1.82) is 0 Å². The molecule has 1 aromatic heterocycles. The van der Waals surface area contributed by atoms with Crippen LogP contribution in [0.2, 0.25) is 0 Å². The molecule has 4 nitrogen and oxygen atoms in total. The number of pyridine rings is 1. The molecule has 104 valence electrons. The lowest BCUT2D eigenvalue weighted by atomic mass is 10.1. The zero-order valence-electron chi connectivity index (χ0n) is 10.4. The zero-order valence-corrected chi connectivity index (χ0v) is 13.6. The molecule has 2 N–H and O–H groups in total. The van der Waals surface area contributed by atoms with Crippen LogP contribution in [0.1, 0.15) is 17.3 Å². The van der Waals surface area contributed by atoms with Gasteiger partial charge < -0.3 is 5.11 Å². The van der Waals surface area contributed by atoms with Gasteiger partial charge in [0.25, 0.3) is 0 Å². The van der Waals surface area contributed by atoms with Crippen LogP contribution in [-0.2, 0) is 11.3 Å². The van der Waals surface area contributed by atoms with Crippen LogP contribution in [0.4, 0.5) is 0 Å². The van der Waals surface area contributed by atoms with Crippen LogP contribution in [0.5, 0.6) is 0 Å². The fourth-order valence-corrected chi connectivity index (χ4v) is 2.89. The highest BCUT2D eigenvalue weighted by atomic mass is 79.9. The summed E-state index contributed by atoms with van der Waals surface area (Å²) in [6.45, 7) is 0.361. The predicted molar refractivity (Wildman–Crippen MR) is 83.3 cm³/mol. The first-order chi connectivity index (χ1) is 9.58. The summed E-state index contributed by atoms with van der Waals surface area (Å²) in [5, 5.41) is 12.3. The Hall–Kier alpha value is -1.24. The Bertz CT molecular complexity index is 605. The molecule has 1 aromatic carbocycles. The minimum absolute atomic E-state index is 0.361. The second-order valence-electron chi connectivity index (χ2n) is 4.14. The van der Waals surface area contributed by atoms with E-state index in [2.05, 4.69) is 42.2 Å². The van der Waals surface area contributed by atoms with Gasteiger partial charge in [-0.3, -0.25) is 15.1 Å². The van der Waals surface area contributed by atoms with Crippen molar-refractivity contribution in [3.63, 3.8) is 0 Å². The fraction of sp³-hybridized carbons (Fsp3) is 0.143. The molecule has 0 saturated carbocycles. The molecular formula is C14H12Br2N2O2. The highest BCUT2D eigenvalue weighted by Crippen LogP contribution is 2.20. The topological polar surface area (TPSA) is 62.2 Å². The fourth-order valence-electron chi connectivity index (χ4n) is 1.76. The van der Waals surface area contributed by atoms with Gasteiger partial charge in [-0.1, -0.05) is 30.3 Å². The Morgan fingerprint density at radius 3 is 2.60 bits per heavy atom. The standard InChI is InChI=1S/C14H12Br2N2O2/c15-10-6-11(16)12(17-7-10)8-18-13(14(19)20)9-4-2-1-3-5-9/h1-7,13,18H,8H2,(H,19,20). The van der Waals surface area contributed by atoms with Crippen LogP contribution in [-0.4, -0.2) is 16.1 Å².